The highest BCUT2D eigenvalue weighted by Gasteiger charge is 2.08. The van der Waals surface area contributed by atoms with Gasteiger partial charge in [0.1, 0.15) is 5.75 Å². The van der Waals surface area contributed by atoms with Gasteiger partial charge in [-0.2, -0.15) is 0 Å². The fourth-order valence-electron chi connectivity index (χ4n) is 1.81. The van der Waals surface area contributed by atoms with Gasteiger partial charge >= 0.3 is 11.9 Å². The maximum Gasteiger partial charge on any atom is 0.344 e. The molecular weight excluding hydrogens is 330 g/mol. The van der Waals surface area contributed by atoms with Crippen molar-refractivity contribution >= 4 is 23.5 Å². The first-order chi connectivity index (χ1) is 12.0. The Bertz CT molecular complexity index is 557. The van der Waals surface area contributed by atoms with E-state index in [1.165, 1.54) is 7.11 Å². The molecule has 2 N–H and O–H groups in total. The van der Waals surface area contributed by atoms with Gasteiger partial charge in [-0.15, -0.1) is 0 Å². The van der Waals surface area contributed by atoms with Crippen molar-refractivity contribution in [3.05, 3.63) is 24.3 Å². The normalized spacial score (nSPS) is 10.0. The predicted molar refractivity (Wildman–Crippen MR) is 89.1 cm³/mol. The third-order valence-electron chi connectivity index (χ3n) is 3.14. The molecule has 0 spiro atoms. The molecule has 25 heavy (non-hydrogen) atoms. The molecule has 0 atom stereocenters. The number of hydrogen-bond donors (Lipinski definition) is 2. The monoisotopic (exact) mass is 353 g/mol. The predicted octanol–water partition coefficient (Wildman–Crippen LogP) is 1.27. The van der Waals surface area contributed by atoms with E-state index < -0.39 is 18.5 Å². The molecule has 0 heterocycles. The van der Waals surface area contributed by atoms with Crippen LogP contribution in [0.5, 0.6) is 5.75 Å². The average molecular weight is 353 g/mol. The van der Waals surface area contributed by atoms with E-state index in [9.17, 15) is 14.4 Å². The Balaban J connectivity index is 2.30. The number of nitrogens with one attached hydrogen (secondary N) is 1. The number of hydrogen-bond acceptors (Lipinski definition) is 7. The quantitative estimate of drug-likeness (QED) is 0.455. The average Bonchev–Trinajstić information content (AvgIpc) is 2.62. The number of amides is 1. The van der Waals surface area contributed by atoms with Gasteiger partial charge in [-0.25, -0.2) is 9.59 Å². The number of unbranched alkanes of at least 4 members (excludes halogenated alkanes) is 2. The summed E-state index contributed by atoms with van der Waals surface area (Å²) >= 11 is 0. The zero-order valence-corrected chi connectivity index (χ0v) is 14.2. The van der Waals surface area contributed by atoms with Gasteiger partial charge in [0, 0.05) is 18.7 Å². The van der Waals surface area contributed by atoms with Crippen LogP contribution in [-0.4, -0.2) is 49.9 Å². The van der Waals surface area contributed by atoms with Gasteiger partial charge in [-0.3, -0.25) is 4.79 Å². The van der Waals surface area contributed by atoms with Crippen LogP contribution in [0.1, 0.15) is 25.7 Å². The van der Waals surface area contributed by atoms with E-state index >= 15 is 0 Å². The summed E-state index contributed by atoms with van der Waals surface area (Å²) in [7, 11) is 1.20. The summed E-state index contributed by atoms with van der Waals surface area (Å²) in [5, 5.41) is 11.4. The van der Waals surface area contributed by atoms with Crippen LogP contribution < -0.4 is 10.1 Å². The zero-order chi connectivity index (χ0) is 18.5. The molecular formula is C17H23NO7. The largest absolute Gasteiger partial charge is 0.482 e. The van der Waals surface area contributed by atoms with Crippen molar-refractivity contribution in [3.63, 3.8) is 0 Å². The number of aliphatic hydroxyl groups excluding tert-OH is 1. The first kappa shape index (κ1) is 20.4. The van der Waals surface area contributed by atoms with Crippen molar-refractivity contribution in [1.29, 1.82) is 0 Å². The second kappa shape index (κ2) is 11.9. The van der Waals surface area contributed by atoms with Crippen molar-refractivity contribution in [2.45, 2.75) is 25.7 Å². The number of benzene rings is 1. The van der Waals surface area contributed by atoms with Crippen molar-refractivity contribution in [2.24, 2.45) is 0 Å². The molecule has 0 unspecified atom stereocenters. The molecule has 0 aliphatic carbocycles. The third-order valence-corrected chi connectivity index (χ3v) is 3.14. The van der Waals surface area contributed by atoms with Crippen molar-refractivity contribution in [2.75, 3.05) is 32.2 Å². The Kier molecular flexibility index (Phi) is 9.69. The standard InChI is InChI=1S/C17H23NO7/c1-23-16(21)11-25-17(22)12-24-14-8-6-13(7-9-14)18-15(20)5-3-2-4-10-19/h6-9,19H,2-5,10-12H2,1H3,(H,18,20). The molecule has 1 aromatic carbocycles. The molecule has 0 aliphatic heterocycles. The highest BCUT2D eigenvalue weighted by molar-refractivity contribution is 5.90. The van der Waals surface area contributed by atoms with Gasteiger partial charge in [0.2, 0.25) is 5.91 Å². The van der Waals surface area contributed by atoms with Gasteiger partial charge in [0.25, 0.3) is 0 Å². The maximum absolute atomic E-state index is 11.7. The summed E-state index contributed by atoms with van der Waals surface area (Å²) in [5.41, 5.74) is 0.618. The summed E-state index contributed by atoms with van der Waals surface area (Å²) < 4.78 is 14.2. The van der Waals surface area contributed by atoms with Gasteiger partial charge in [0.15, 0.2) is 13.2 Å². The molecule has 0 aromatic heterocycles. The number of ether oxygens (including phenoxy) is 3. The van der Waals surface area contributed by atoms with Crippen molar-refractivity contribution in [3.8, 4) is 5.75 Å². The van der Waals surface area contributed by atoms with E-state index in [2.05, 4.69) is 14.8 Å². The van der Waals surface area contributed by atoms with Gasteiger partial charge in [-0.1, -0.05) is 6.42 Å². The highest BCUT2D eigenvalue weighted by atomic mass is 16.6. The number of aliphatic hydroxyl groups is 1. The fourth-order valence-corrected chi connectivity index (χ4v) is 1.81. The van der Waals surface area contributed by atoms with E-state index in [0.29, 0.717) is 24.3 Å². The second-order valence-electron chi connectivity index (χ2n) is 5.13. The first-order valence-electron chi connectivity index (χ1n) is 7.91. The lowest BCUT2D eigenvalue weighted by molar-refractivity contribution is -0.158. The van der Waals surface area contributed by atoms with Crippen LogP contribution in [0.25, 0.3) is 0 Å². The SMILES string of the molecule is COC(=O)COC(=O)COc1ccc(NC(=O)CCCCCO)cc1. The van der Waals surface area contributed by atoms with E-state index in [-0.39, 0.29) is 19.1 Å². The Morgan fingerprint density at radius 3 is 2.36 bits per heavy atom. The Hall–Kier alpha value is -2.61. The van der Waals surface area contributed by atoms with Crippen LogP contribution >= 0.6 is 0 Å². The lowest BCUT2D eigenvalue weighted by Crippen LogP contribution is -2.20. The van der Waals surface area contributed by atoms with E-state index in [1.807, 2.05) is 0 Å². The van der Waals surface area contributed by atoms with Gasteiger partial charge in [-0.05, 0) is 37.1 Å². The van der Waals surface area contributed by atoms with E-state index in [4.69, 9.17) is 9.84 Å². The molecule has 8 heteroatoms. The molecule has 8 nitrogen and oxygen atoms in total. The number of esters is 2. The van der Waals surface area contributed by atoms with Crippen LogP contribution in [-0.2, 0) is 23.9 Å². The van der Waals surface area contributed by atoms with Crippen LogP contribution in [0.15, 0.2) is 24.3 Å². The van der Waals surface area contributed by atoms with Gasteiger partial charge in [0.05, 0.1) is 7.11 Å². The van der Waals surface area contributed by atoms with Crippen LogP contribution in [0.4, 0.5) is 5.69 Å². The Morgan fingerprint density at radius 1 is 1.00 bits per heavy atom. The summed E-state index contributed by atoms with van der Waals surface area (Å²) in [5.74, 6) is -1.01. The smallest absolute Gasteiger partial charge is 0.344 e. The summed E-state index contributed by atoms with van der Waals surface area (Å²) in [6.07, 6.45) is 2.62. The Morgan fingerprint density at radius 2 is 1.72 bits per heavy atom. The molecule has 1 rings (SSSR count). The summed E-state index contributed by atoms with van der Waals surface area (Å²) in [6.45, 7) is -0.658. The minimum atomic E-state index is -0.689. The molecule has 1 aromatic rings. The minimum Gasteiger partial charge on any atom is -0.482 e. The summed E-state index contributed by atoms with van der Waals surface area (Å²) in [4.78, 5) is 33.9. The minimum absolute atomic E-state index is 0.0991. The number of rotatable bonds is 11. The molecule has 0 radical (unpaired) electrons. The first-order valence-corrected chi connectivity index (χ1v) is 7.91. The molecule has 0 fully saturated rings. The molecule has 0 aliphatic rings. The zero-order valence-electron chi connectivity index (χ0n) is 14.2. The Labute approximate surface area is 146 Å². The molecule has 138 valence electrons. The highest BCUT2D eigenvalue weighted by Crippen LogP contribution is 2.16. The number of carbonyl (C=O) groups excluding carboxylic acids is 3. The molecule has 0 saturated carbocycles. The lowest BCUT2D eigenvalue weighted by Gasteiger charge is -2.08. The van der Waals surface area contributed by atoms with E-state index in [0.717, 1.165) is 12.8 Å². The van der Waals surface area contributed by atoms with Crippen molar-refractivity contribution < 1.29 is 33.7 Å². The third kappa shape index (κ3) is 9.31. The fraction of sp³-hybridized carbons (Fsp3) is 0.471. The maximum atomic E-state index is 11.7. The van der Waals surface area contributed by atoms with E-state index in [1.54, 1.807) is 24.3 Å². The second-order valence-corrected chi connectivity index (χ2v) is 5.13. The van der Waals surface area contributed by atoms with Crippen LogP contribution in [0, 0.1) is 0 Å². The van der Waals surface area contributed by atoms with Crippen molar-refractivity contribution in [1.82, 2.24) is 0 Å². The number of methoxy groups -OCH3 is 1. The summed E-state index contributed by atoms with van der Waals surface area (Å²) in [6, 6.07) is 6.52. The molecule has 1 amide bonds. The van der Waals surface area contributed by atoms with Gasteiger partial charge < -0.3 is 24.6 Å². The van der Waals surface area contributed by atoms with Crippen LogP contribution in [0.2, 0.25) is 0 Å². The topological polar surface area (TPSA) is 111 Å². The molecule has 0 saturated heterocycles. The number of anilines is 1. The molecule has 0 bridgehead atoms. The van der Waals surface area contributed by atoms with Crippen LogP contribution in [0.3, 0.4) is 0 Å². The lowest BCUT2D eigenvalue weighted by atomic mass is 10.2. The number of carbonyl (C=O) groups is 3.